The Morgan fingerprint density at radius 2 is 1.87 bits per heavy atom. The van der Waals surface area contributed by atoms with E-state index in [0.29, 0.717) is 29.2 Å². The molecule has 3 rings (SSSR count). The van der Waals surface area contributed by atoms with E-state index in [-0.39, 0.29) is 27.9 Å². The summed E-state index contributed by atoms with van der Waals surface area (Å²) >= 11 is 7.36. The van der Waals surface area contributed by atoms with Gasteiger partial charge in [-0.2, -0.15) is 0 Å². The molecule has 1 aliphatic carbocycles. The van der Waals surface area contributed by atoms with Gasteiger partial charge in [0.25, 0.3) is 0 Å². The number of hydrogen-bond donors (Lipinski definition) is 2. The summed E-state index contributed by atoms with van der Waals surface area (Å²) in [5, 5.41) is 3.49. The van der Waals surface area contributed by atoms with Crippen LogP contribution in [0.25, 0.3) is 10.4 Å². The van der Waals surface area contributed by atoms with Gasteiger partial charge in [0, 0.05) is 11.7 Å². The van der Waals surface area contributed by atoms with Crippen molar-refractivity contribution in [2.75, 3.05) is 11.6 Å². The molecule has 1 atom stereocenters. The Hall–Kier alpha value is -2.01. The molecule has 8 nitrogen and oxygen atoms in total. The standard InChI is InChI=1S/C27H38ClN3O5S2/c1-16-22(17-11-12-19(28)21(13-17)38(6,34)35)37-25(30-16)31-24(33)27(4,5)15-26(2,3)14-20(29)23(32)36-18-9-7-8-10-18/h11-13,18,20H,7-10,14-15,29H2,1-6H3,(H,30,31,33)/t20-/m0/s1. The summed E-state index contributed by atoms with van der Waals surface area (Å²) in [7, 11) is -3.50. The molecule has 0 spiro atoms. The van der Waals surface area contributed by atoms with Crippen molar-refractivity contribution < 1.29 is 22.7 Å². The Morgan fingerprint density at radius 3 is 2.47 bits per heavy atom. The number of sulfone groups is 1. The van der Waals surface area contributed by atoms with E-state index in [4.69, 9.17) is 22.1 Å². The minimum Gasteiger partial charge on any atom is -0.461 e. The average molecular weight is 584 g/mol. The third-order valence-electron chi connectivity index (χ3n) is 6.81. The molecule has 0 bridgehead atoms. The molecular weight excluding hydrogens is 546 g/mol. The number of ether oxygens (including phenoxy) is 1. The number of benzene rings is 1. The zero-order valence-electron chi connectivity index (χ0n) is 22.9. The normalized spacial score (nSPS) is 15.9. The van der Waals surface area contributed by atoms with Crippen molar-refractivity contribution in [1.82, 2.24) is 4.98 Å². The quantitative estimate of drug-likeness (QED) is 0.340. The molecule has 0 aliphatic heterocycles. The minimum absolute atomic E-state index is 0.0311. The molecule has 1 amide bonds. The Bertz CT molecular complexity index is 1300. The molecule has 1 heterocycles. The van der Waals surface area contributed by atoms with Crippen molar-refractivity contribution in [3.8, 4) is 10.4 Å². The van der Waals surface area contributed by atoms with Crippen molar-refractivity contribution in [2.45, 2.75) is 90.2 Å². The van der Waals surface area contributed by atoms with Crippen LogP contribution in [0.1, 0.15) is 71.9 Å². The molecule has 3 N–H and O–H groups in total. The van der Waals surface area contributed by atoms with Crippen LogP contribution in [0.4, 0.5) is 5.13 Å². The smallest absolute Gasteiger partial charge is 0.323 e. The van der Waals surface area contributed by atoms with E-state index < -0.39 is 26.7 Å². The average Bonchev–Trinajstić information content (AvgIpc) is 3.41. The van der Waals surface area contributed by atoms with Gasteiger partial charge in [0.1, 0.15) is 12.1 Å². The maximum atomic E-state index is 13.3. The second-order valence-corrected chi connectivity index (χ2v) is 15.1. The molecule has 11 heteroatoms. The van der Waals surface area contributed by atoms with Gasteiger partial charge in [0.15, 0.2) is 15.0 Å². The number of hydrogen-bond acceptors (Lipinski definition) is 8. The first-order chi connectivity index (χ1) is 17.5. The van der Waals surface area contributed by atoms with Gasteiger partial charge in [0.05, 0.1) is 20.5 Å². The van der Waals surface area contributed by atoms with Crippen molar-refractivity contribution in [3.63, 3.8) is 0 Å². The lowest BCUT2D eigenvalue weighted by atomic mass is 9.71. The van der Waals surface area contributed by atoms with Crippen molar-refractivity contribution in [1.29, 1.82) is 0 Å². The van der Waals surface area contributed by atoms with Crippen LogP contribution in [-0.2, 0) is 24.2 Å². The van der Waals surface area contributed by atoms with E-state index in [1.165, 1.54) is 17.4 Å². The lowest BCUT2D eigenvalue weighted by Crippen LogP contribution is -2.41. The van der Waals surface area contributed by atoms with Crippen LogP contribution >= 0.6 is 22.9 Å². The predicted molar refractivity (Wildman–Crippen MR) is 152 cm³/mol. The monoisotopic (exact) mass is 583 g/mol. The van der Waals surface area contributed by atoms with Crippen molar-refractivity contribution >= 4 is 49.8 Å². The maximum absolute atomic E-state index is 13.3. The van der Waals surface area contributed by atoms with Crippen LogP contribution in [0.2, 0.25) is 5.02 Å². The van der Waals surface area contributed by atoms with Crippen molar-refractivity contribution in [3.05, 3.63) is 28.9 Å². The third-order valence-corrected chi connectivity index (χ3v) is 9.51. The Kier molecular flexibility index (Phi) is 9.33. The van der Waals surface area contributed by atoms with E-state index in [1.54, 1.807) is 19.1 Å². The Morgan fingerprint density at radius 1 is 1.24 bits per heavy atom. The van der Waals surface area contributed by atoms with Crippen LogP contribution < -0.4 is 11.1 Å². The molecule has 2 aromatic rings. The highest BCUT2D eigenvalue weighted by Gasteiger charge is 2.37. The van der Waals surface area contributed by atoms with E-state index in [2.05, 4.69) is 10.3 Å². The molecule has 0 unspecified atom stereocenters. The molecule has 38 heavy (non-hydrogen) atoms. The number of nitrogens with two attached hydrogens (primary N) is 1. The number of amides is 1. The lowest BCUT2D eigenvalue weighted by Gasteiger charge is -2.35. The summed E-state index contributed by atoms with van der Waals surface area (Å²) in [6.07, 6.45) is 5.90. The molecule has 0 saturated heterocycles. The largest absolute Gasteiger partial charge is 0.461 e. The van der Waals surface area contributed by atoms with E-state index in [9.17, 15) is 18.0 Å². The molecular formula is C27H38ClN3O5S2. The fourth-order valence-electron chi connectivity index (χ4n) is 5.20. The van der Waals surface area contributed by atoms with Crippen LogP contribution in [0.5, 0.6) is 0 Å². The third kappa shape index (κ3) is 7.77. The Labute approximate surface area is 234 Å². The lowest BCUT2D eigenvalue weighted by molar-refractivity contribution is -0.151. The number of rotatable bonds is 10. The summed E-state index contributed by atoms with van der Waals surface area (Å²) in [6.45, 7) is 9.50. The molecule has 0 radical (unpaired) electrons. The van der Waals surface area contributed by atoms with Crippen LogP contribution in [-0.4, -0.2) is 43.7 Å². The molecule has 210 valence electrons. The number of aromatic nitrogens is 1. The number of anilines is 1. The first kappa shape index (κ1) is 30.5. The van der Waals surface area contributed by atoms with Crippen LogP contribution in [0.3, 0.4) is 0 Å². The second-order valence-electron chi connectivity index (χ2n) is 11.7. The van der Waals surface area contributed by atoms with Gasteiger partial charge in [-0.05, 0) is 68.6 Å². The number of esters is 1. The summed E-state index contributed by atoms with van der Waals surface area (Å²) in [4.78, 5) is 31.1. The first-order valence-corrected chi connectivity index (χ1v) is 15.8. The van der Waals surface area contributed by atoms with Gasteiger partial charge in [-0.3, -0.25) is 9.59 Å². The van der Waals surface area contributed by atoms with Crippen LogP contribution in [0.15, 0.2) is 23.1 Å². The van der Waals surface area contributed by atoms with E-state index in [1.807, 2.05) is 27.7 Å². The number of carbonyl (C=O) groups is 2. The van der Waals surface area contributed by atoms with Gasteiger partial charge < -0.3 is 15.8 Å². The van der Waals surface area contributed by atoms with Crippen molar-refractivity contribution in [2.24, 2.45) is 16.6 Å². The first-order valence-electron chi connectivity index (χ1n) is 12.7. The molecule has 1 aliphatic rings. The molecule has 1 saturated carbocycles. The summed E-state index contributed by atoms with van der Waals surface area (Å²) in [6, 6.07) is 4.06. The zero-order valence-corrected chi connectivity index (χ0v) is 25.3. The Balaban J connectivity index is 1.67. The number of halogens is 1. The van der Waals surface area contributed by atoms with Gasteiger partial charge in [-0.1, -0.05) is 56.7 Å². The highest BCUT2D eigenvalue weighted by atomic mass is 35.5. The zero-order chi connectivity index (χ0) is 28.5. The topological polar surface area (TPSA) is 128 Å². The highest BCUT2D eigenvalue weighted by molar-refractivity contribution is 7.90. The highest BCUT2D eigenvalue weighted by Crippen LogP contribution is 2.40. The van der Waals surface area contributed by atoms with Crippen LogP contribution in [0, 0.1) is 17.8 Å². The fraction of sp³-hybridized carbons (Fsp3) is 0.593. The second kappa shape index (κ2) is 11.6. The number of nitrogens with one attached hydrogen (secondary N) is 1. The van der Waals surface area contributed by atoms with Gasteiger partial charge >= 0.3 is 5.97 Å². The number of aryl methyl sites for hydroxylation is 1. The molecule has 1 fully saturated rings. The summed E-state index contributed by atoms with van der Waals surface area (Å²) < 4.78 is 29.8. The van der Waals surface area contributed by atoms with Gasteiger partial charge in [-0.25, -0.2) is 13.4 Å². The van der Waals surface area contributed by atoms with E-state index in [0.717, 1.165) is 36.8 Å². The van der Waals surface area contributed by atoms with E-state index >= 15 is 0 Å². The minimum atomic E-state index is -3.50. The SMILES string of the molecule is Cc1nc(NC(=O)C(C)(C)CC(C)(C)C[C@H](N)C(=O)OC2CCCC2)sc1-c1ccc(Cl)c(S(C)(=O)=O)c1. The number of carbonyl (C=O) groups excluding carboxylic acids is 2. The van der Waals surface area contributed by atoms with Gasteiger partial charge in [0.2, 0.25) is 5.91 Å². The fourth-order valence-corrected chi connectivity index (χ4v) is 7.46. The maximum Gasteiger partial charge on any atom is 0.323 e. The van der Waals surface area contributed by atoms with Gasteiger partial charge in [-0.15, -0.1) is 0 Å². The number of nitrogens with zero attached hydrogens (tertiary/aromatic N) is 1. The summed E-state index contributed by atoms with van der Waals surface area (Å²) in [5.74, 6) is -0.583. The number of thiazole rings is 1. The predicted octanol–water partition coefficient (Wildman–Crippen LogP) is 5.76. The molecule has 1 aromatic heterocycles. The molecule has 1 aromatic carbocycles. The summed E-state index contributed by atoms with van der Waals surface area (Å²) in [5.41, 5.74) is 6.34.